The number of benzene rings is 1. The number of imide groups is 2. The summed E-state index contributed by atoms with van der Waals surface area (Å²) in [7, 11) is 3.38. The maximum Gasteiger partial charge on any atom is 0.335 e. The largest absolute Gasteiger partial charge is 0.383 e. The van der Waals surface area contributed by atoms with Gasteiger partial charge in [-0.2, -0.15) is 0 Å². The van der Waals surface area contributed by atoms with Crippen molar-refractivity contribution in [3.8, 4) is 0 Å². The van der Waals surface area contributed by atoms with Gasteiger partial charge in [-0.15, -0.1) is 0 Å². The van der Waals surface area contributed by atoms with Gasteiger partial charge in [0.1, 0.15) is 5.57 Å². The molecule has 0 aromatic heterocycles. The van der Waals surface area contributed by atoms with E-state index in [2.05, 4.69) is 5.32 Å². The van der Waals surface area contributed by atoms with Crippen LogP contribution in [0.15, 0.2) is 42.1 Å². The lowest BCUT2D eigenvalue weighted by Gasteiger charge is -2.26. The van der Waals surface area contributed by atoms with Gasteiger partial charge in [0.05, 0.1) is 5.69 Å². The summed E-state index contributed by atoms with van der Waals surface area (Å²) in [4.78, 5) is 38.2. The SMILES string of the molecule is CN(C)/C=C1\C(=O)NC(=O)N(c2ccccc2)C1=O. The smallest absolute Gasteiger partial charge is 0.335 e. The first-order valence-electron chi connectivity index (χ1n) is 5.64. The van der Waals surface area contributed by atoms with Crippen molar-refractivity contribution in [2.24, 2.45) is 0 Å². The summed E-state index contributed by atoms with van der Waals surface area (Å²) in [6.07, 6.45) is 1.39. The van der Waals surface area contributed by atoms with Gasteiger partial charge in [-0.3, -0.25) is 14.9 Å². The summed E-state index contributed by atoms with van der Waals surface area (Å²) in [5.74, 6) is -1.32. The highest BCUT2D eigenvalue weighted by molar-refractivity contribution is 6.37. The normalized spacial score (nSPS) is 17.7. The highest BCUT2D eigenvalue weighted by Crippen LogP contribution is 2.19. The third kappa shape index (κ3) is 2.47. The Morgan fingerprint density at radius 3 is 2.32 bits per heavy atom. The summed E-state index contributed by atoms with van der Waals surface area (Å²) >= 11 is 0. The van der Waals surface area contributed by atoms with E-state index in [0.29, 0.717) is 5.69 Å². The lowest BCUT2D eigenvalue weighted by molar-refractivity contribution is -0.122. The molecule has 1 saturated heterocycles. The molecule has 4 amide bonds. The average molecular weight is 259 g/mol. The molecule has 6 nitrogen and oxygen atoms in total. The van der Waals surface area contributed by atoms with Crippen LogP contribution >= 0.6 is 0 Å². The first kappa shape index (κ1) is 12.8. The number of anilines is 1. The fraction of sp³-hybridized carbons (Fsp3) is 0.154. The van der Waals surface area contributed by atoms with Crippen LogP contribution in [0.25, 0.3) is 0 Å². The number of rotatable bonds is 2. The lowest BCUT2D eigenvalue weighted by Crippen LogP contribution is -2.54. The molecule has 19 heavy (non-hydrogen) atoms. The minimum absolute atomic E-state index is 0.0755. The number of para-hydroxylation sites is 1. The van der Waals surface area contributed by atoms with Gasteiger partial charge in [-0.05, 0) is 12.1 Å². The molecule has 2 rings (SSSR count). The second kappa shape index (κ2) is 4.93. The maximum atomic E-state index is 12.2. The van der Waals surface area contributed by atoms with Crippen LogP contribution in [0.3, 0.4) is 0 Å². The first-order chi connectivity index (χ1) is 9.00. The van der Waals surface area contributed by atoms with Crippen molar-refractivity contribution in [1.29, 1.82) is 0 Å². The zero-order valence-electron chi connectivity index (χ0n) is 10.6. The van der Waals surface area contributed by atoms with E-state index in [-0.39, 0.29) is 5.57 Å². The average Bonchev–Trinajstić information content (AvgIpc) is 2.35. The van der Waals surface area contributed by atoms with Crippen LogP contribution < -0.4 is 10.2 Å². The van der Waals surface area contributed by atoms with Crippen molar-refractivity contribution in [1.82, 2.24) is 10.2 Å². The van der Waals surface area contributed by atoms with Gasteiger partial charge < -0.3 is 4.90 Å². The summed E-state index contributed by atoms with van der Waals surface area (Å²) in [6, 6.07) is 7.71. The van der Waals surface area contributed by atoms with Crippen molar-refractivity contribution in [3.63, 3.8) is 0 Å². The van der Waals surface area contributed by atoms with Gasteiger partial charge in [0.15, 0.2) is 0 Å². The minimum atomic E-state index is -0.739. The Bertz CT molecular complexity index is 564. The van der Waals surface area contributed by atoms with E-state index in [1.54, 1.807) is 49.3 Å². The second-order valence-corrected chi connectivity index (χ2v) is 4.24. The number of amides is 4. The summed E-state index contributed by atoms with van der Waals surface area (Å²) in [5.41, 5.74) is 0.343. The molecule has 6 heteroatoms. The number of urea groups is 1. The lowest BCUT2D eigenvalue weighted by atomic mass is 10.1. The van der Waals surface area contributed by atoms with E-state index in [0.717, 1.165) is 4.90 Å². The van der Waals surface area contributed by atoms with Crippen LogP contribution in [0.1, 0.15) is 0 Å². The molecular formula is C13H13N3O3. The maximum absolute atomic E-state index is 12.2. The van der Waals surface area contributed by atoms with Gasteiger partial charge >= 0.3 is 6.03 Å². The quantitative estimate of drug-likeness (QED) is 0.627. The Hall–Kier alpha value is -2.63. The molecule has 1 aromatic rings. The van der Waals surface area contributed by atoms with Crippen molar-refractivity contribution >= 4 is 23.5 Å². The van der Waals surface area contributed by atoms with Crippen molar-refractivity contribution in [3.05, 3.63) is 42.1 Å². The number of barbiturate groups is 1. The van der Waals surface area contributed by atoms with Crippen LogP contribution in [-0.2, 0) is 9.59 Å². The monoisotopic (exact) mass is 259 g/mol. The minimum Gasteiger partial charge on any atom is -0.383 e. The molecule has 1 fully saturated rings. The molecule has 1 aliphatic heterocycles. The Morgan fingerprint density at radius 1 is 1.11 bits per heavy atom. The number of nitrogens with zero attached hydrogens (tertiary/aromatic N) is 2. The Morgan fingerprint density at radius 2 is 1.74 bits per heavy atom. The Kier molecular flexibility index (Phi) is 3.33. The molecule has 1 aromatic carbocycles. The second-order valence-electron chi connectivity index (χ2n) is 4.24. The van der Waals surface area contributed by atoms with Crippen LogP contribution in [0, 0.1) is 0 Å². The molecule has 0 bridgehead atoms. The van der Waals surface area contributed by atoms with Crippen molar-refractivity contribution in [2.45, 2.75) is 0 Å². The van der Waals surface area contributed by atoms with Crippen LogP contribution in [0.5, 0.6) is 0 Å². The van der Waals surface area contributed by atoms with E-state index >= 15 is 0 Å². The zero-order valence-corrected chi connectivity index (χ0v) is 10.6. The van der Waals surface area contributed by atoms with Crippen LogP contribution in [-0.4, -0.2) is 36.8 Å². The predicted molar refractivity (Wildman–Crippen MR) is 69.2 cm³/mol. The zero-order chi connectivity index (χ0) is 14.0. The molecule has 0 atom stereocenters. The molecule has 1 aliphatic rings. The number of hydrogen-bond donors (Lipinski definition) is 1. The summed E-state index contributed by atoms with van der Waals surface area (Å²) < 4.78 is 0. The number of hydrogen-bond acceptors (Lipinski definition) is 4. The van der Waals surface area contributed by atoms with Crippen molar-refractivity contribution < 1.29 is 14.4 Å². The molecule has 1 N–H and O–H groups in total. The van der Waals surface area contributed by atoms with E-state index in [4.69, 9.17) is 0 Å². The highest BCUT2D eigenvalue weighted by atomic mass is 16.2. The van der Waals surface area contributed by atoms with E-state index in [1.807, 2.05) is 0 Å². The molecule has 0 saturated carbocycles. The third-order valence-corrected chi connectivity index (χ3v) is 2.50. The number of nitrogens with one attached hydrogen (secondary N) is 1. The molecule has 98 valence electrons. The molecule has 0 unspecified atom stereocenters. The first-order valence-corrected chi connectivity index (χ1v) is 5.64. The van der Waals surface area contributed by atoms with E-state index < -0.39 is 17.8 Å². The highest BCUT2D eigenvalue weighted by Gasteiger charge is 2.36. The van der Waals surface area contributed by atoms with Gasteiger partial charge in [0, 0.05) is 20.3 Å². The molecule has 0 radical (unpaired) electrons. The molecule has 0 spiro atoms. The third-order valence-electron chi connectivity index (χ3n) is 2.50. The number of carbonyl (C=O) groups excluding carboxylic acids is 3. The summed E-state index contributed by atoms with van der Waals surface area (Å²) in [6.45, 7) is 0. The van der Waals surface area contributed by atoms with Gasteiger partial charge in [0.2, 0.25) is 0 Å². The summed E-state index contributed by atoms with van der Waals surface area (Å²) in [5, 5.41) is 2.15. The standard InChI is InChI=1S/C13H13N3O3/c1-15(2)8-10-11(17)14-13(19)16(12(10)18)9-6-4-3-5-7-9/h3-8H,1-2H3,(H,14,17,19)/b10-8+. The fourth-order valence-electron chi connectivity index (χ4n) is 1.71. The molecule has 1 heterocycles. The molecular weight excluding hydrogens is 246 g/mol. The fourth-order valence-corrected chi connectivity index (χ4v) is 1.71. The topological polar surface area (TPSA) is 69.7 Å². The molecule has 0 aliphatic carbocycles. The van der Waals surface area contributed by atoms with Crippen LogP contribution in [0.4, 0.5) is 10.5 Å². The van der Waals surface area contributed by atoms with Crippen LogP contribution in [0.2, 0.25) is 0 Å². The Labute approximate surface area is 110 Å². The predicted octanol–water partition coefficient (Wildman–Crippen LogP) is 0.715. The van der Waals surface area contributed by atoms with Gasteiger partial charge in [-0.1, -0.05) is 18.2 Å². The van der Waals surface area contributed by atoms with Gasteiger partial charge in [0.25, 0.3) is 11.8 Å². The van der Waals surface area contributed by atoms with E-state index in [1.165, 1.54) is 6.20 Å². The Balaban J connectivity index is 2.42. The van der Waals surface area contributed by atoms with E-state index in [9.17, 15) is 14.4 Å². The van der Waals surface area contributed by atoms with Gasteiger partial charge in [-0.25, -0.2) is 9.69 Å². The number of carbonyl (C=O) groups is 3. The van der Waals surface area contributed by atoms with Crippen molar-refractivity contribution in [2.75, 3.05) is 19.0 Å².